The van der Waals surface area contributed by atoms with Gasteiger partial charge < -0.3 is 14.2 Å². The van der Waals surface area contributed by atoms with Crippen molar-refractivity contribution in [2.75, 3.05) is 21.3 Å². The molecule has 0 heterocycles. The normalized spacial score (nSPS) is 21.2. The smallest absolute Gasteiger partial charge is 0.228 e. The van der Waals surface area contributed by atoms with E-state index in [4.69, 9.17) is 14.2 Å². The van der Waals surface area contributed by atoms with Crippen molar-refractivity contribution < 1.29 is 28.7 Å². The summed E-state index contributed by atoms with van der Waals surface area (Å²) in [6.07, 6.45) is 2.83. The Kier molecular flexibility index (Phi) is 8.21. The van der Waals surface area contributed by atoms with Crippen LogP contribution in [0.25, 0.3) is 6.08 Å². The number of carbonyl (C=O) groups excluding carboxylic acids is 2. The van der Waals surface area contributed by atoms with E-state index >= 15 is 0 Å². The first-order valence-electron chi connectivity index (χ1n) is 12.2. The minimum Gasteiger partial charge on any atom is -0.497 e. The molecule has 3 unspecified atom stereocenters. The van der Waals surface area contributed by atoms with E-state index in [9.17, 15) is 19.7 Å². The lowest BCUT2D eigenvalue weighted by molar-refractivity contribution is -0.533. The topological polar surface area (TPSA) is 105 Å². The van der Waals surface area contributed by atoms with Gasteiger partial charge >= 0.3 is 0 Å². The Morgan fingerprint density at radius 3 is 1.76 bits per heavy atom. The van der Waals surface area contributed by atoms with Gasteiger partial charge in [-0.15, -0.1) is 0 Å². The van der Waals surface area contributed by atoms with Crippen LogP contribution in [-0.4, -0.2) is 43.9 Å². The van der Waals surface area contributed by atoms with Crippen LogP contribution >= 0.6 is 0 Å². The minimum absolute atomic E-state index is 0.114. The van der Waals surface area contributed by atoms with Crippen LogP contribution in [-0.2, 0) is 9.59 Å². The summed E-state index contributed by atoms with van der Waals surface area (Å²) >= 11 is 0. The molecule has 1 aliphatic carbocycles. The maximum atomic E-state index is 13.6. The third-order valence-corrected chi connectivity index (χ3v) is 7.06. The van der Waals surface area contributed by atoms with Crippen molar-refractivity contribution in [2.24, 2.45) is 5.92 Å². The van der Waals surface area contributed by atoms with Crippen molar-refractivity contribution >= 4 is 17.6 Å². The number of ether oxygens (including phenoxy) is 3. The van der Waals surface area contributed by atoms with Gasteiger partial charge in [0.15, 0.2) is 5.78 Å². The molecule has 0 radical (unpaired) electrons. The van der Waals surface area contributed by atoms with E-state index in [0.717, 1.165) is 5.56 Å². The average Bonchev–Trinajstić information content (AvgIpc) is 2.95. The molecule has 8 heteroatoms. The fraction of sp³-hybridized carbons (Fsp3) is 0.267. The summed E-state index contributed by atoms with van der Waals surface area (Å²) in [6.45, 7) is 0. The molecule has 0 aromatic heterocycles. The third kappa shape index (κ3) is 5.59. The van der Waals surface area contributed by atoms with Crippen molar-refractivity contribution in [2.45, 2.75) is 24.3 Å². The minimum atomic E-state index is -1.20. The zero-order valence-electron chi connectivity index (χ0n) is 21.4. The van der Waals surface area contributed by atoms with Crippen LogP contribution in [0.4, 0.5) is 0 Å². The predicted molar refractivity (Wildman–Crippen MR) is 142 cm³/mol. The second kappa shape index (κ2) is 11.7. The first kappa shape index (κ1) is 26.6. The van der Waals surface area contributed by atoms with Crippen LogP contribution in [0.5, 0.6) is 17.2 Å². The van der Waals surface area contributed by atoms with Gasteiger partial charge in [0.1, 0.15) is 23.0 Å². The summed E-state index contributed by atoms with van der Waals surface area (Å²) < 4.78 is 15.6. The molecular weight excluding hydrogens is 486 g/mol. The number of benzene rings is 3. The number of nitro groups is 1. The Bertz CT molecular complexity index is 1310. The van der Waals surface area contributed by atoms with Gasteiger partial charge in [-0.05, 0) is 59.2 Å². The Hall–Kier alpha value is -4.46. The number of allylic oxidation sites excluding steroid dienone is 1. The molecule has 0 amide bonds. The predicted octanol–water partition coefficient (Wildman–Crippen LogP) is 5.10. The van der Waals surface area contributed by atoms with Crippen LogP contribution in [0, 0.1) is 16.0 Å². The van der Waals surface area contributed by atoms with E-state index in [0.29, 0.717) is 28.4 Å². The number of nitrogens with zero attached hydrogens (tertiary/aromatic N) is 1. The summed E-state index contributed by atoms with van der Waals surface area (Å²) in [5.74, 6) is -1.79. The first-order valence-corrected chi connectivity index (χ1v) is 12.2. The van der Waals surface area contributed by atoms with Gasteiger partial charge in [-0.25, -0.2) is 0 Å². The molecule has 0 N–H and O–H groups in total. The Labute approximate surface area is 221 Å². The number of rotatable bonds is 9. The quantitative estimate of drug-likeness (QED) is 0.169. The van der Waals surface area contributed by atoms with Crippen molar-refractivity contribution in [1.82, 2.24) is 0 Å². The van der Waals surface area contributed by atoms with Gasteiger partial charge in [-0.3, -0.25) is 19.7 Å². The molecule has 8 nitrogen and oxygen atoms in total. The van der Waals surface area contributed by atoms with Gasteiger partial charge in [0.25, 0.3) is 0 Å². The molecule has 38 heavy (non-hydrogen) atoms. The Morgan fingerprint density at radius 2 is 1.29 bits per heavy atom. The molecule has 1 saturated carbocycles. The number of ketones is 2. The summed E-state index contributed by atoms with van der Waals surface area (Å²) in [6, 6.07) is 19.6. The van der Waals surface area contributed by atoms with E-state index in [2.05, 4.69) is 0 Å². The van der Waals surface area contributed by atoms with Gasteiger partial charge in [-0.1, -0.05) is 42.5 Å². The average molecular weight is 516 g/mol. The number of hydrogen-bond donors (Lipinski definition) is 0. The lowest BCUT2D eigenvalue weighted by Crippen LogP contribution is -2.48. The molecule has 0 bridgehead atoms. The molecule has 1 fully saturated rings. The van der Waals surface area contributed by atoms with E-state index < -0.39 is 29.6 Å². The van der Waals surface area contributed by atoms with E-state index in [-0.39, 0.29) is 17.1 Å². The molecule has 196 valence electrons. The van der Waals surface area contributed by atoms with Crippen molar-refractivity contribution in [3.8, 4) is 17.2 Å². The van der Waals surface area contributed by atoms with E-state index in [1.54, 1.807) is 86.0 Å². The summed E-state index contributed by atoms with van der Waals surface area (Å²) in [7, 11) is 4.62. The zero-order chi connectivity index (χ0) is 27.2. The van der Waals surface area contributed by atoms with Crippen LogP contribution in [0.3, 0.4) is 0 Å². The lowest BCUT2D eigenvalue weighted by atomic mass is 9.64. The summed E-state index contributed by atoms with van der Waals surface area (Å²) in [5, 5.41) is 12.6. The van der Waals surface area contributed by atoms with Crippen molar-refractivity contribution in [3.05, 3.63) is 106 Å². The van der Waals surface area contributed by atoms with E-state index in [1.165, 1.54) is 20.3 Å². The summed E-state index contributed by atoms with van der Waals surface area (Å²) in [4.78, 5) is 39.3. The van der Waals surface area contributed by atoms with Crippen LogP contribution < -0.4 is 14.2 Å². The molecule has 4 rings (SSSR count). The van der Waals surface area contributed by atoms with Crippen LogP contribution in [0.1, 0.15) is 34.9 Å². The highest BCUT2D eigenvalue weighted by Gasteiger charge is 2.53. The van der Waals surface area contributed by atoms with Crippen LogP contribution in [0.15, 0.2) is 78.9 Å². The van der Waals surface area contributed by atoms with Crippen molar-refractivity contribution in [1.29, 1.82) is 0 Å². The van der Waals surface area contributed by atoms with Gasteiger partial charge in [0, 0.05) is 11.3 Å². The second-order valence-corrected chi connectivity index (χ2v) is 9.11. The zero-order valence-corrected chi connectivity index (χ0v) is 21.4. The second-order valence-electron chi connectivity index (χ2n) is 9.11. The molecule has 3 aromatic carbocycles. The highest BCUT2D eigenvalue weighted by Crippen LogP contribution is 2.46. The van der Waals surface area contributed by atoms with Gasteiger partial charge in [0.2, 0.25) is 6.04 Å². The van der Waals surface area contributed by atoms with Gasteiger partial charge in [0.05, 0.1) is 39.1 Å². The van der Waals surface area contributed by atoms with Crippen molar-refractivity contribution in [3.63, 3.8) is 0 Å². The number of methoxy groups -OCH3 is 3. The summed E-state index contributed by atoms with van der Waals surface area (Å²) in [5.41, 5.74) is 1.93. The highest BCUT2D eigenvalue weighted by molar-refractivity contribution is 6.10. The SMILES string of the molecule is COc1ccc(/C=C/C(=O)C2C(=O)CC(c3ccc(OC)cc3)[C@H]([N+](=O)[O-])C2c2ccc(OC)cc2)cc1. The molecule has 4 atom stereocenters. The maximum Gasteiger partial charge on any atom is 0.228 e. The number of hydrogen-bond acceptors (Lipinski definition) is 7. The first-order chi connectivity index (χ1) is 18.4. The molecule has 1 aliphatic rings. The molecule has 3 aromatic rings. The molecule has 0 spiro atoms. The van der Waals surface area contributed by atoms with Gasteiger partial charge in [-0.2, -0.15) is 0 Å². The van der Waals surface area contributed by atoms with E-state index in [1.807, 2.05) is 0 Å². The molecule has 0 saturated heterocycles. The Balaban J connectivity index is 1.75. The lowest BCUT2D eigenvalue weighted by Gasteiger charge is -2.36. The molecule has 0 aliphatic heterocycles. The highest BCUT2D eigenvalue weighted by atomic mass is 16.6. The standard InChI is InChI=1S/C30H29NO7/c1-36-22-11-4-19(5-12-22)6-17-26(32)29-27(33)18-25(20-7-13-23(37-2)14-8-20)30(31(34)35)28(29)21-9-15-24(38-3)16-10-21/h4-17,25,28-30H,18H2,1-3H3/b17-6+/t25?,28?,29?,30-/m0/s1. The fourth-order valence-electron chi connectivity index (χ4n) is 5.10. The number of carbonyl (C=O) groups is 2. The largest absolute Gasteiger partial charge is 0.497 e. The van der Waals surface area contributed by atoms with Crippen LogP contribution in [0.2, 0.25) is 0 Å². The third-order valence-electron chi connectivity index (χ3n) is 7.06. The maximum absolute atomic E-state index is 13.6. The Morgan fingerprint density at radius 1 is 0.816 bits per heavy atom. The molecular formula is C30H29NO7. The fourth-order valence-corrected chi connectivity index (χ4v) is 5.10. The monoisotopic (exact) mass is 515 g/mol. The number of Topliss-reactive ketones (excluding diaryl/α,β-unsaturated/α-hetero) is 1.